The maximum absolute atomic E-state index is 13.3. The van der Waals surface area contributed by atoms with E-state index in [1.807, 2.05) is 13.8 Å². The number of carbonyl (C=O) groups is 2. The van der Waals surface area contributed by atoms with Crippen LogP contribution in [0.15, 0.2) is 28.8 Å². The largest absolute Gasteiger partial charge is 0.484 e. The first-order chi connectivity index (χ1) is 14.2. The van der Waals surface area contributed by atoms with Crippen molar-refractivity contribution in [1.82, 2.24) is 15.8 Å². The van der Waals surface area contributed by atoms with Gasteiger partial charge in [-0.2, -0.15) is 0 Å². The van der Waals surface area contributed by atoms with Crippen LogP contribution in [-0.4, -0.2) is 41.3 Å². The lowest BCUT2D eigenvalue weighted by Gasteiger charge is -2.12. The molecule has 1 heterocycles. The Bertz CT molecular complexity index is 859. The molecule has 0 fully saturated rings. The highest BCUT2D eigenvalue weighted by Crippen LogP contribution is 2.20. The monoisotopic (exact) mass is 441 g/mol. The van der Waals surface area contributed by atoms with Crippen LogP contribution in [0.2, 0.25) is 5.02 Å². The molecule has 3 N–H and O–H groups in total. The van der Waals surface area contributed by atoms with Crippen LogP contribution in [0.1, 0.15) is 44.1 Å². The molecule has 0 aliphatic carbocycles. The molecule has 10 heteroatoms. The number of halogens is 2. The SMILES string of the molecule is CC(C)c1cc(CNC(=O)CC(O)CCNC(=O)COc2ccc(Cl)c(F)c2)on1. The third-order valence-corrected chi connectivity index (χ3v) is 4.42. The molecule has 8 nitrogen and oxygen atoms in total. The topological polar surface area (TPSA) is 114 Å². The summed E-state index contributed by atoms with van der Waals surface area (Å²) < 4.78 is 23.6. The van der Waals surface area contributed by atoms with Crippen molar-refractivity contribution >= 4 is 23.4 Å². The van der Waals surface area contributed by atoms with Gasteiger partial charge in [0.15, 0.2) is 12.4 Å². The summed E-state index contributed by atoms with van der Waals surface area (Å²) in [6.07, 6.45) is -0.839. The van der Waals surface area contributed by atoms with E-state index in [0.29, 0.717) is 5.76 Å². The van der Waals surface area contributed by atoms with E-state index in [1.165, 1.54) is 12.1 Å². The number of nitrogens with one attached hydrogen (secondary N) is 2. The van der Waals surface area contributed by atoms with Crippen LogP contribution in [0, 0.1) is 5.82 Å². The van der Waals surface area contributed by atoms with Gasteiger partial charge in [-0.05, 0) is 24.5 Å². The smallest absolute Gasteiger partial charge is 0.257 e. The van der Waals surface area contributed by atoms with Crippen molar-refractivity contribution in [2.24, 2.45) is 0 Å². The summed E-state index contributed by atoms with van der Waals surface area (Å²) in [6.45, 7) is 4.00. The standard InChI is InChI=1S/C20H25ClFN3O5/c1-12(2)18-9-15(30-25-18)10-24-19(27)7-13(26)5-6-23-20(28)11-29-14-3-4-16(21)17(22)8-14/h3-4,8-9,12-13,26H,5-7,10-11H2,1-2H3,(H,23,28)(H,24,27). The molecule has 2 rings (SSSR count). The van der Waals surface area contributed by atoms with Crippen LogP contribution in [0.3, 0.4) is 0 Å². The number of amides is 2. The zero-order valence-electron chi connectivity index (χ0n) is 16.8. The van der Waals surface area contributed by atoms with Gasteiger partial charge in [0, 0.05) is 18.7 Å². The van der Waals surface area contributed by atoms with Gasteiger partial charge in [-0.15, -0.1) is 0 Å². The third kappa shape index (κ3) is 8.00. The molecule has 0 spiro atoms. The summed E-state index contributed by atoms with van der Waals surface area (Å²) in [4.78, 5) is 23.6. The second-order valence-corrected chi connectivity index (χ2v) is 7.42. The minimum absolute atomic E-state index is 0.0361. The maximum atomic E-state index is 13.3. The number of carbonyl (C=O) groups excluding carboxylic acids is 2. The lowest BCUT2D eigenvalue weighted by atomic mass is 10.1. The minimum atomic E-state index is -0.919. The van der Waals surface area contributed by atoms with E-state index >= 15 is 0 Å². The number of benzene rings is 1. The Kier molecular flexibility index (Phi) is 9.07. The molecule has 30 heavy (non-hydrogen) atoms. The number of aliphatic hydroxyl groups is 1. The second kappa shape index (κ2) is 11.5. The molecule has 0 saturated carbocycles. The normalized spacial score (nSPS) is 11.9. The van der Waals surface area contributed by atoms with Gasteiger partial charge in [0.05, 0.1) is 29.8 Å². The first kappa shape index (κ1) is 23.6. The lowest BCUT2D eigenvalue weighted by molar-refractivity contribution is -0.123. The number of rotatable bonds is 11. The lowest BCUT2D eigenvalue weighted by Crippen LogP contribution is -2.33. The molecule has 1 unspecified atom stereocenters. The van der Waals surface area contributed by atoms with Crippen LogP contribution in [0.4, 0.5) is 4.39 Å². The minimum Gasteiger partial charge on any atom is -0.484 e. The van der Waals surface area contributed by atoms with Gasteiger partial charge in [0.2, 0.25) is 5.91 Å². The number of nitrogens with zero attached hydrogens (tertiary/aromatic N) is 1. The first-order valence-corrected chi connectivity index (χ1v) is 9.87. The van der Waals surface area contributed by atoms with Crippen molar-refractivity contribution in [2.75, 3.05) is 13.2 Å². The van der Waals surface area contributed by atoms with Crippen LogP contribution < -0.4 is 15.4 Å². The Morgan fingerprint density at radius 2 is 2.03 bits per heavy atom. The Balaban J connectivity index is 1.60. The van der Waals surface area contributed by atoms with E-state index in [1.54, 1.807) is 6.07 Å². The number of aromatic nitrogens is 1. The predicted octanol–water partition coefficient (Wildman–Crippen LogP) is 2.54. The maximum Gasteiger partial charge on any atom is 0.257 e. The molecule has 0 saturated heterocycles. The number of hydrogen-bond donors (Lipinski definition) is 3. The fourth-order valence-electron chi connectivity index (χ4n) is 2.40. The van der Waals surface area contributed by atoms with E-state index in [0.717, 1.165) is 11.8 Å². The van der Waals surface area contributed by atoms with Crippen LogP contribution in [0.25, 0.3) is 0 Å². The summed E-state index contributed by atoms with van der Waals surface area (Å²) in [6, 6.07) is 5.64. The van der Waals surface area contributed by atoms with Crippen molar-refractivity contribution in [3.8, 4) is 5.75 Å². The highest BCUT2D eigenvalue weighted by atomic mass is 35.5. The highest BCUT2D eigenvalue weighted by Gasteiger charge is 2.13. The Hall–Kier alpha value is -2.65. The molecule has 0 aliphatic heterocycles. The molecule has 2 amide bonds. The molecular weight excluding hydrogens is 417 g/mol. The number of ether oxygens (including phenoxy) is 1. The third-order valence-electron chi connectivity index (χ3n) is 4.11. The zero-order valence-corrected chi connectivity index (χ0v) is 17.5. The van der Waals surface area contributed by atoms with Crippen molar-refractivity contribution in [1.29, 1.82) is 0 Å². The molecule has 1 atom stereocenters. The fraction of sp³-hybridized carbons (Fsp3) is 0.450. The van der Waals surface area contributed by atoms with Crippen molar-refractivity contribution in [3.63, 3.8) is 0 Å². The van der Waals surface area contributed by atoms with Crippen LogP contribution in [-0.2, 0) is 16.1 Å². The Labute approximate surface area is 178 Å². The van der Waals surface area contributed by atoms with E-state index in [-0.39, 0.29) is 55.1 Å². The van der Waals surface area contributed by atoms with Gasteiger partial charge in [0.1, 0.15) is 11.6 Å². The summed E-state index contributed by atoms with van der Waals surface area (Å²) >= 11 is 5.57. The van der Waals surface area contributed by atoms with Crippen LogP contribution in [0.5, 0.6) is 5.75 Å². The summed E-state index contributed by atoms with van der Waals surface area (Å²) in [5.74, 6) is -0.476. The van der Waals surface area contributed by atoms with E-state index in [9.17, 15) is 19.1 Å². The fourth-order valence-corrected chi connectivity index (χ4v) is 2.52. The van der Waals surface area contributed by atoms with Gasteiger partial charge in [-0.25, -0.2) is 4.39 Å². The first-order valence-electron chi connectivity index (χ1n) is 9.49. The second-order valence-electron chi connectivity index (χ2n) is 7.01. The molecule has 1 aromatic carbocycles. The van der Waals surface area contributed by atoms with Gasteiger partial charge in [0.25, 0.3) is 5.91 Å². The summed E-state index contributed by atoms with van der Waals surface area (Å²) in [7, 11) is 0. The summed E-state index contributed by atoms with van der Waals surface area (Å²) in [5, 5.41) is 19.0. The molecular formula is C20H25ClFN3O5. The predicted molar refractivity (Wildman–Crippen MR) is 108 cm³/mol. The van der Waals surface area contributed by atoms with Gasteiger partial charge >= 0.3 is 0 Å². The van der Waals surface area contributed by atoms with Gasteiger partial charge < -0.3 is 25.0 Å². The van der Waals surface area contributed by atoms with Gasteiger partial charge in [-0.3, -0.25) is 9.59 Å². The van der Waals surface area contributed by atoms with E-state index < -0.39 is 17.8 Å². The average Bonchev–Trinajstić information content (AvgIpc) is 3.17. The quantitative estimate of drug-likeness (QED) is 0.494. The van der Waals surface area contributed by atoms with Crippen molar-refractivity contribution in [3.05, 3.63) is 46.6 Å². The molecule has 0 radical (unpaired) electrons. The number of hydrogen-bond acceptors (Lipinski definition) is 6. The van der Waals surface area contributed by atoms with Gasteiger partial charge in [-0.1, -0.05) is 30.6 Å². The van der Waals surface area contributed by atoms with E-state index in [2.05, 4.69) is 15.8 Å². The molecule has 0 aliphatic rings. The molecule has 2 aromatic rings. The van der Waals surface area contributed by atoms with Crippen LogP contribution >= 0.6 is 11.6 Å². The average molecular weight is 442 g/mol. The number of aliphatic hydroxyl groups excluding tert-OH is 1. The Morgan fingerprint density at radius 1 is 1.27 bits per heavy atom. The van der Waals surface area contributed by atoms with Crippen molar-refractivity contribution < 1.29 is 28.3 Å². The zero-order chi connectivity index (χ0) is 22.1. The molecule has 164 valence electrons. The van der Waals surface area contributed by atoms with E-state index in [4.69, 9.17) is 20.9 Å². The Morgan fingerprint density at radius 3 is 2.70 bits per heavy atom. The van der Waals surface area contributed by atoms with Crippen molar-refractivity contribution in [2.45, 2.75) is 45.3 Å². The molecule has 0 bridgehead atoms. The molecule has 1 aromatic heterocycles. The summed E-state index contributed by atoms with van der Waals surface area (Å²) in [5.41, 5.74) is 0.806. The highest BCUT2D eigenvalue weighted by molar-refractivity contribution is 6.30.